The van der Waals surface area contributed by atoms with Crippen LogP contribution in [0.2, 0.25) is 0 Å². The Morgan fingerprint density at radius 1 is 1.36 bits per heavy atom. The van der Waals surface area contributed by atoms with Crippen molar-refractivity contribution in [3.8, 4) is 0 Å². The summed E-state index contributed by atoms with van der Waals surface area (Å²) in [7, 11) is 0. The summed E-state index contributed by atoms with van der Waals surface area (Å²) in [5.41, 5.74) is -0.0628. The molecule has 6 heteroatoms. The van der Waals surface area contributed by atoms with Crippen LogP contribution in [0.15, 0.2) is 22.8 Å². The van der Waals surface area contributed by atoms with Crippen molar-refractivity contribution in [1.29, 1.82) is 0 Å². The van der Waals surface area contributed by atoms with E-state index in [0.29, 0.717) is 13.1 Å². The van der Waals surface area contributed by atoms with Crippen LogP contribution in [0.3, 0.4) is 0 Å². The summed E-state index contributed by atoms with van der Waals surface area (Å²) in [5, 5.41) is 15.1. The number of aliphatic hydroxyl groups is 1. The van der Waals surface area contributed by atoms with E-state index in [0.717, 1.165) is 31.7 Å². The molecular formula is C16H25N3O3. The Hall–Kier alpha value is -1.53. The third-order valence-corrected chi connectivity index (χ3v) is 4.83. The number of hydrogen-bond acceptors (Lipinski definition) is 4. The molecule has 1 atom stereocenters. The number of nitrogens with zero attached hydrogens (tertiary/aromatic N) is 1. The highest BCUT2D eigenvalue weighted by Gasteiger charge is 2.42. The Bertz CT molecular complexity index is 479. The lowest BCUT2D eigenvalue weighted by molar-refractivity contribution is 0.194. The van der Waals surface area contributed by atoms with Crippen molar-refractivity contribution in [2.75, 3.05) is 32.8 Å². The summed E-state index contributed by atoms with van der Waals surface area (Å²) in [6.07, 6.45) is 6.06. The predicted octanol–water partition coefficient (Wildman–Crippen LogP) is 1.49. The Kier molecular flexibility index (Phi) is 4.69. The number of rotatable bonds is 7. The number of amides is 2. The Morgan fingerprint density at radius 3 is 2.73 bits per heavy atom. The highest BCUT2D eigenvalue weighted by atomic mass is 16.3. The van der Waals surface area contributed by atoms with Crippen molar-refractivity contribution in [2.45, 2.75) is 31.7 Å². The van der Waals surface area contributed by atoms with Gasteiger partial charge in [-0.25, -0.2) is 4.79 Å². The summed E-state index contributed by atoms with van der Waals surface area (Å²) < 4.78 is 5.54. The minimum absolute atomic E-state index is 0.0628. The SMILES string of the molecule is O=C(NCC(c1ccco1)N1CCCC1)NCC1(CO)CC1. The third kappa shape index (κ3) is 3.62. The van der Waals surface area contributed by atoms with E-state index in [1.54, 1.807) is 6.26 Å². The van der Waals surface area contributed by atoms with E-state index in [9.17, 15) is 9.90 Å². The molecule has 1 saturated heterocycles. The number of likely N-dealkylation sites (tertiary alicyclic amines) is 1. The van der Waals surface area contributed by atoms with E-state index in [4.69, 9.17) is 4.42 Å². The van der Waals surface area contributed by atoms with Gasteiger partial charge in [-0.15, -0.1) is 0 Å². The van der Waals surface area contributed by atoms with Gasteiger partial charge in [0.05, 0.1) is 18.9 Å². The molecule has 2 amide bonds. The van der Waals surface area contributed by atoms with Crippen molar-refractivity contribution >= 4 is 6.03 Å². The number of aliphatic hydroxyl groups excluding tert-OH is 1. The van der Waals surface area contributed by atoms with Crippen molar-refractivity contribution in [3.63, 3.8) is 0 Å². The normalized spacial score (nSPS) is 21.5. The molecule has 0 radical (unpaired) electrons. The van der Waals surface area contributed by atoms with Gasteiger partial charge in [-0.05, 0) is 50.9 Å². The molecule has 3 N–H and O–H groups in total. The maximum atomic E-state index is 12.0. The Morgan fingerprint density at radius 2 is 2.14 bits per heavy atom. The molecule has 1 aromatic heterocycles. The van der Waals surface area contributed by atoms with Crippen LogP contribution in [0.1, 0.15) is 37.5 Å². The second kappa shape index (κ2) is 6.71. The van der Waals surface area contributed by atoms with Crippen LogP contribution in [-0.2, 0) is 0 Å². The summed E-state index contributed by atoms with van der Waals surface area (Å²) in [5.74, 6) is 0.899. The van der Waals surface area contributed by atoms with Gasteiger partial charge in [0, 0.05) is 18.5 Å². The quantitative estimate of drug-likeness (QED) is 0.713. The van der Waals surface area contributed by atoms with Crippen LogP contribution in [0.4, 0.5) is 4.79 Å². The zero-order valence-electron chi connectivity index (χ0n) is 12.9. The fourth-order valence-electron chi connectivity index (χ4n) is 3.03. The molecule has 22 heavy (non-hydrogen) atoms. The minimum Gasteiger partial charge on any atom is -0.468 e. The second-order valence-electron chi connectivity index (χ2n) is 6.50. The molecule has 2 aliphatic rings. The first-order valence-electron chi connectivity index (χ1n) is 8.12. The van der Waals surface area contributed by atoms with Gasteiger partial charge in [0.15, 0.2) is 0 Å². The van der Waals surface area contributed by atoms with E-state index >= 15 is 0 Å². The smallest absolute Gasteiger partial charge is 0.314 e. The molecule has 1 aliphatic heterocycles. The molecular weight excluding hydrogens is 282 g/mol. The summed E-state index contributed by atoms with van der Waals surface area (Å²) >= 11 is 0. The van der Waals surface area contributed by atoms with E-state index < -0.39 is 0 Å². The first-order valence-corrected chi connectivity index (χ1v) is 8.12. The highest BCUT2D eigenvalue weighted by molar-refractivity contribution is 5.74. The molecule has 0 aromatic carbocycles. The fraction of sp³-hybridized carbons (Fsp3) is 0.688. The molecule has 3 rings (SSSR count). The van der Waals surface area contributed by atoms with Gasteiger partial charge in [0.1, 0.15) is 5.76 Å². The maximum Gasteiger partial charge on any atom is 0.314 e. The zero-order chi connectivity index (χ0) is 15.4. The topological polar surface area (TPSA) is 77.7 Å². The first kappa shape index (κ1) is 15.4. The minimum atomic E-state index is -0.171. The Labute approximate surface area is 130 Å². The fourth-order valence-corrected chi connectivity index (χ4v) is 3.03. The molecule has 2 heterocycles. The molecule has 122 valence electrons. The van der Waals surface area contributed by atoms with Gasteiger partial charge in [-0.1, -0.05) is 0 Å². The van der Waals surface area contributed by atoms with E-state index in [1.807, 2.05) is 12.1 Å². The molecule has 0 spiro atoms. The maximum absolute atomic E-state index is 12.0. The van der Waals surface area contributed by atoms with Crippen LogP contribution in [-0.4, -0.2) is 48.8 Å². The van der Waals surface area contributed by atoms with E-state index in [2.05, 4.69) is 15.5 Å². The number of furan rings is 1. The monoisotopic (exact) mass is 307 g/mol. The summed E-state index contributed by atoms with van der Waals surface area (Å²) in [6.45, 7) is 3.32. The first-order chi connectivity index (χ1) is 10.7. The van der Waals surface area contributed by atoms with Gasteiger partial charge in [0.2, 0.25) is 0 Å². The van der Waals surface area contributed by atoms with Crippen LogP contribution in [0.5, 0.6) is 0 Å². The average molecular weight is 307 g/mol. The lowest BCUT2D eigenvalue weighted by Crippen LogP contribution is -2.43. The standard InChI is InChI=1S/C16H25N3O3/c20-12-16(5-6-16)11-18-15(21)17-10-13(14-4-3-9-22-14)19-7-1-2-8-19/h3-4,9,13,20H,1-2,5-8,10-12H2,(H2,17,18,21). The summed E-state index contributed by atoms with van der Waals surface area (Å²) in [4.78, 5) is 14.3. The molecule has 1 aliphatic carbocycles. The van der Waals surface area contributed by atoms with Crippen LogP contribution in [0, 0.1) is 5.41 Å². The van der Waals surface area contributed by atoms with Crippen molar-refractivity contribution < 1.29 is 14.3 Å². The van der Waals surface area contributed by atoms with Gasteiger partial charge < -0.3 is 20.2 Å². The van der Waals surface area contributed by atoms with Crippen molar-refractivity contribution in [3.05, 3.63) is 24.2 Å². The van der Waals surface area contributed by atoms with Gasteiger partial charge in [-0.2, -0.15) is 0 Å². The number of carbonyl (C=O) groups is 1. The number of hydrogen-bond donors (Lipinski definition) is 3. The summed E-state index contributed by atoms with van der Waals surface area (Å²) in [6, 6.07) is 3.77. The largest absolute Gasteiger partial charge is 0.468 e. The van der Waals surface area contributed by atoms with Crippen molar-refractivity contribution in [1.82, 2.24) is 15.5 Å². The van der Waals surface area contributed by atoms with Gasteiger partial charge in [-0.3, -0.25) is 4.90 Å². The molecule has 2 fully saturated rings. The zero-order valence-corrected chi connectivity index (χ0v) is 12.9. The number of carbonyl (C=O) groups excluding carboxylic acids is 1. The lowest BCUT2D eigenvalue weighted by atomic mass is 10.1. The van der Waals surface area contributed by atoms with Crippen LogP contribution in [0.25, 0.3) is 0 Å². The van der Waals surface area contributed by atoms with E-state index in [-0.39, 0.29) is 24.1 Å². The van der Waals surface area contributed by atoms with Gasteiger partial charge in [0.25, 0.3) is 0 Å². The van der Waals surface area contributed by atoms with Crippen LogP contribution < -0.4 is 10.6 Å². The molecule has 1 saturated carbocycles. The molecule has 1 unspecified atom stereocenters. The lowest BCUT2D eigenvalue weighted by Gasteiger charge is -2.26. The second-order valence-corrected chi connectivity index (χ2v) is 6.50. The molecule has 1 aromatic rings. The number of urea groups is 1. The van der Waals surface area contributed by atoms with Crippen molar-refractivity contribution in [2.24, 2.45) is 5.41 Å². The van der Waals surface area contributed by atoms with Crippen LogP contribution >= 0.6 is 0 Å². The predicted molar refractivity (Wildman–Crippen MR) is 82.4 cm³/mol. The molecule has 6 nitrogen and oxygen atoms in total. The average Bonchev–Trinajstić information content (AvgIpc) is 2.97. The van der Waals surface area contributed by atoms with E-state index in [1.165, 1.54) is 12.8 Å². The molecule has 0 bridgehead atoms. The Balaban J connectivity index is 1.49. The third-order valence-electron chi connectivity index (χ3n) is 4.83. The highest BCUT2D eigenvalue weighted by Crippen LogP contribution is 2.44. The van der Waals surface area contributed by atoms with Gasteiger partial charge >= 0.3 is 6.03 Å². The number of nitrogens with one attached hydrogen (secondary N) is 2.